The Morgan fingerprint density at radius 1 is 1.26 bits per heavy atom. The summed E-state index contributed by atoms with van der Waals surface area (Å²) in [4.78, 5) is 31.5. The van der Waals surface area contributed by atoms with Crippen molar-refractivity contribution in [2.75, 3.05) is 33.5 Å². The first-order valence-electron chi connectivity index (χ1n) is 11.0. The average Bonchev–Trinajstić information content (AvgIpc) is 2.83. The van der Waals surface area contributed by atoms with Crippen molar-refractivity contribution in [1.82, 2.24) is 15.5 Å². The van der Waals surface area contributed by atoms with E-state index in [4.69, 9.17) is 14.5 Å². The van der Waals surface area contributed by atoms with Gasteiger partial charge >= 0.3 is 12.4 Å². The lowest BCUT2D eigenvalue weighted by Crippen LogP contribution is -2.51. The minimum absolute atomic E-state index is 0.0541. The first-order valence-corrected chi connectivity index (χ1v) is 11.0. The normalized spacial score (nSPS) is 19.3. The van der Waals surface area contributed by atoms with E-state index in [1.54, 1.807) is 0 Å². The number of carbonyl (C=O) groups is 2. The second-order valence-corrected chi connectivity index (χ2v) is 8.12. The summed E-state index contributed by atoms with van der Waals surface area (Å²) in [6.45, 7) is 0.941. The molecule has 0 aromatic heterocycles. The van der Waals surface area contributed by atoms with Crippen LogP contribution in [0.2, 0.25) is 0 Å². The standard InChI is InChI=1S/C23H25F3N4O5/c1-33-13-19(14-2-4-16(5-3-14)35-23(24,25)26)29-22(32)30-12-20(31)27-18-7-6-17(28-21(18)30)15-8-10-34-11-9-15/h2-5,8,19H,6-7,9-13H2,1H3,(H,27,31)(H,29,32). The maximum atomic E-state index is 13.3. The second kappa shape index (κ2) is 10.5. The minimum atomic E-state index is -4.80. The maximum absolute atomic E-state index is 13.3. The summed E-state index contributed by atoms with van der Waals surface area (Å²) in [5.74, 6) is -0.335. The predicted molar refractivity (Wildman–Crippen MR) is 118 cm³/mol. The first-order chi connectivity index (χ1) is 16.7. The monoisotopic (exact) mass is 494 g/mol. The summed E-state index contributed by atoms with van der Waals surface area (Å²) >= 11 is 0. The quantitative estimate of drug-likeness (QED) is 0.633. The van der Waals surface area contributed by atoms with Gasteiger partial charge < -0.3 is 24.8 Å². The molecule has 3 aliphatic rings. The summed E-state index contributed by atoms with van der Waals surface area (Å²) in [6.07, 6.45) is -0.935. The third-order valence-corrected chi connectivity index (χ3v) is 5.70. The molecule has 35 heavy (non-hydrogen) atoms. The number of hydrogen-bond donors (Lipinski definition) is 2. The SMILES string of the molecule is COCC(NC(=O)N1CC(=O)NC2=C1N=C(C1=CCOCC1)CC2)c1ccc(OC(F)(F)F)cc1. The van der Waals surface area contributed by atoms with E-state index >= 15 is 0 Å². The van der Waals surface area contributed by atoms with E-state index in [2.05, 4.69) is 15.4 Å². The Labute approximate surface area is 199 Å². The molecule has 0 spiro atoms. The Morgan fingerprint density at radius 3 is 2.69 bits per heavy atom. The van der Waals surface area contributed by atoms with Gasteiger partial charge in [0.05, 0.1) is 31.6 Å². The molecule has 1 atom stereocenters. The fourth-order valence-corrected chi connectivity index (χ4v) is 4.08. The number of amides is 3. The minimum Gasteiger partial charge on any atom is -0.406 e. The Hall–Kier alpha value is -3.38. The third kappa shape index (κ3) is 6.20. The smallest absolute Gasteiger partial charge is 0.406 e. The fraction of sp³-hybridized carbons (Fsp3) is 0.435. The summed E-state index contributed by atoms with van der Waals surface area (Å²) in [7, 11) is 1.44. The van der Waals surface area contributed by atoms with Gasteiger partial charge in [0.1, 0.15) is 12.3 Å². The maximum Gasteiger partial charge on any atom is 0.573 e. The summed E-state index contributed by atoms with van der Waals surface area (Å²) in [6, 6.07) is 3.88. The number of ether oxygens (including phenoxy) is 3. The third-order valence-electron chi connectivity index (χ3n) is 5.70. The van der Waals surface area contributed by atoms with Crippen LogP contribution in [0.4, 0.5) is 18.0 Å². The molecule has 3 amide bonds. The number of methoxy groups -OCH3 is 1. The highest BCUT2D eigenvalue weighted by Crippen LogP contribution is 2.29. The molecule has 12 heteroatoms. The Bertz CT molecular complexity index is 1070. The van der Waals surface area contributed by atoms with Gasteiger partial charge in [-0.15, -0.1) is 13.2 Å². The zero-order valence-electron chi connectivity index (χ0n) is 19.0. The molecule has 1 aromatic carbocycles. The number of alkyl halides is 3. The van der Waals surface area contributed by atoms with Gasteiger partial charge in [0, 0.05) is 12.8 Å². The lowest BCUT2D eigenvalue weighted by molar-refractivity contribution is -0.274. The van der Waals surface area contributed by atoms with Gasteiger partial charge in [0.2, 0.25) is 5.91 Å². The molecule has 0 bridgehead atoms. The van der Waals surface area contributed by atoms with Gasteiger partial charge in [0.25, 0.3) is 0 Å². The highest BCUT2D eigenvalue weighted by atomic mass is 19.4. The molecule has 0 radical (unpaired) electrons. The Balaban J connectivity index is 1.53. The van der Waals surface area contributed by atoms with Crippen molar-refractivity contribution in [2.24, 2.45) is 4.99 Å². The molecule has 1 aromatic rings. The van der Waals surface area contributed by atoms with Crippen molar-refractivity contribution >= 4 is 17.6 Å². The topological polar surface area (TPSA) is 101 Å². The van der Waals surface area contributed by atoms with E-state index in [0.717, 1.165) is 29.8 Å². The van der Waals surface area contributed by atoms with E-state index in [1.165, 1.54) is 24.1 Å². The van der Waals surface area contributed by atoms with Crippen LogP contribution in [-0.4, -0.2) is 62.4 Å². The molecule has 9 nitrogen and oxygen atoms in total. The summed E-state index contributed by atoms with van der Waals surface area (Å²) in [5, 5.41) is 5.60. The molecule has 0 saturated heterocycles. The van der Waals surface area contributed by atoms with Crippen LogP contribution in [-0.2, 0) is 14.3 Å². The number of nitrogens with one attached hydrogen (secondary N) is 2. The van der Waals surface area contributed by atoms with E-state index in [0.29, 0.717) is 43.1 Å². The summed E-state index contributed by atoms with van der Waals surface area (Å²) in [5.41, 5.74) is 3.00. The average molecular weight is 494 g/mol. The highest BCUT2D eigenvalue weighted by molar-refractivity contribution is 6.02. The molecule has 0 aliphatic carbocycles. The van der Waals surface area contributed by atoms with Crippen molar-refractivity contribution in [1.29, 1.82) is 0 Å². The largest absolute Gasteiger partial charge is 0.573 e. The van der Waals surface area contributed by atoms with Gasteiger partial charge in [-0.1, -0.05) is 18.2 Å². The van der Waals surface area contributed by atoms with Crippen LogP contribution >= 0.6 is 0 Å². The molecule has 4 rings (SSSR count). The number of carbonyl (C=O) groups excluding carboxylic acids is 2. The number of nitrogens with zero attached hydrogens (tertiary/aromatic N) is 2. The van der Waals surface area contributed by atoms with E-state index in [1.807, 2.05) is 6.08 Å². The van der Waals surface area contributed by atoms with Gasteiger partial charge in [-0.25, -0.2) is 9.79 Å². The highest BCUT2D eigenvalue weighted by Gasteiger charge is 2.34. The second-order valence-electron chi connectivity index (χ2n) is 8.12. The van der Waals surface area contributed by atoms with Gasteiger partial charge in [-0.3, -0.25) is 9.69 Å². The van der Waals surface area contributed by atoms with Gasteiger partial charge in [0.15, 0.2) is 5.82 Å². The number of hydrogen-bond acceptors (Lipinski definition) is 6. The molecule has 1 unspecified atom stereocenters. The van der Waals surface area contributed by atoms with Gasteiger partial charge in [-0.2, -0.15) is 0 Å². The first kappa shape index (κ1) is 24.7. The van der Waals surface area contributed by atoms with Crippen molar-refractivity contribution in [3.63, 3.8) is 0 Å². The Kier molecular flexibility index (Phi) is 7.41. The van der Waals surface area contributed by atoms with Crippen molar-refractivity contribution in [3.8, 4) is 5.75 Å². The van der Waals surface area contributed by atoms with Crippen molar-refractivity contribution in [2.45, 2.75) is 31.7 Å². The van der Waals surface area contributed by atoms with Crippen LogP contribution in [0.15, 0.2) is 52.4 Å². The number of allylic oxidation sites excluding steroid dienone is 1. The zero-order chi connectivity index (χ0) is 25.0. The fourth-order valence-electron chi connectivity index (χ4n) is 4.08. The van der Waals surface area contributed by atoms with Crippen LogP contribution < -0.4 is 15.4 Å². The van der Waals surface area contributed by atoms with Crippen LogP contribution in [0, 0.1) is 0 Å². The number of benzene rings is 1. The molecular formula is C23H25F3N4O5. The van der Waals surface area contributed by atoms with Crippen LogP contribution in [0.5, 0.6) is 5.75 Å². The van der Waals surface area contributed by atoms with Crippen molar-refractivity contribution in [3.05, 3.63) is 53.0 Å². The molecular weight excluding hydrogens is 469 g/mol. The molecule has 188 valence electrons. The number of rotatable bonds is 6. The molecule has 0 saturated carbocycles. The lowest BCUT2D eigenvalue weighted by Gasteiger charge is -2.34. The van der Waals surface area contributed by atoms with E-state index in [-0.39, 0.29) is 24.8 Å². The molecule has 3 aliphatic heterocycles. The van der Waals surface area contributed by atoms with Crippen LogP contribution in [0.3, 0.4) is 0 Å². The molecule has 0 fully saturated rings. The lowest BCUT2D eigenvalue weighted by atomic mass is 9.98. The zero-order valence-corrected chi connectivity index (χ0v) is 19.0. The number of aliphatic imine (C=N–C) groups is 1. The summed E-state index contributed by atoms with van der Waals surface area (Å²) < 4.78 is 51.8. The number of urea groups is 1. The molecule has 3 heterocycles. The number of halogens is 3. The van der Waals surface area contributed by atoms with Crippen LogP contribution in [0.25, 0.3) is 0 Å². The predicted octanol–water partition coefficient (Wildman–Crippen LogP) is 3.16. The van der Waals surface area contributed by atoms with E-state index in [9.17, 15) is 22.8 Å². The Morgan fingerprint density at radius 2 is 2.03 bits per heavy atom. The van der Waals surface area contributed by atoms with Crippen LogP contribution in [0.1, 0.15) is 30.9 Å². The molecule has 2 N–H and O–H groups in total. The van der Waals surface area contributed by atoms with Gasteiger partial charge in [-0.05, 0) is 42.5 Å². The van der Waals surface area contributed by atoms with E-state index < -0.39 is 18.4 Å². The van der Waals surface area contributed by atoms with Crippen molar-refractivity contribution < 1.29 is 37.0 Å².